The van der Waals surface area contributed by atoms with Crippen LogP contribution < -0.4 is 0 Å². The average molecular weight is 268 g/mol. The second-order valence-electron chi connectivity index (χ2n) is 6.60. The van der Waals surface area contributed by atoms with Crippen LogP contribution in [0.15, 0.2) is 24.3 Å². The number of hydrogen-bond acceptors (Lipinski definition) is 1. The Morgan fingerprint density at radius 2 is 2.15 bits per heavy atom. The molecule has 2 heteroatoms. The Kier molecular flexibility index (Phi) is 3.07. The molecule has 0 spiro atoms. The molecule has 1 unspecified atom stereocenters. The lowest BCUT2D eigenvalue weighted by atomic mass is 9.81. The smallest absolute Gasteiger partial charge is 0.0458 e. The van der Waals surface area contributed by atoms with E-state index in [9.17, 15) is 0 Å². The third-order valence-corrected chi connectivity index (χ3v) is 5.55. The monoisotopic (exact) mass is 268 g/mol. The Morgan fingerprint density at radius 3 is 3.05 bits per heavy atom. The quantitative estimate of drug-likeness (QED) is 0.837. The molecule has 2 aromatic rings. The minimum Gasteiger partial charge on any atom is -0.358 e. The highest BCUT2D eigenvalue weighted by molar-refractivity contribution is 5.84. The number of para-hydroxylation sites is 1. The lowest BCUT2D eigenvalue weighted by Crippen LogP contribution is -2.41. The summed E-state index contributed by atoms with van der Waals surface area (Å²) in [6.45, 7) is 6.23. The maximum Gasteiger partial charge on any atom is 0.0458 e. The average Bonchev–Trinajstić information content (AvgIpc) is 2.87. The van der Waals surface area contributed by atoms with E-state index in [0.29, 0.717) is 0 Å². The summed E-state index contributed by atoms with van der Waals surface area (Å²) in [4.78, 5) is 6.42. The van der Waals surface area contributed by atoms with E-state index in [1.807, 2.05) is 0 Å². The van der Waals surface area contributed by atoms with Gasteiger partial charge in [0.15, 0.2) is 0 Å². The summed E-state index contributed by atoms with van der Waals surface area (Å²) in [6, 6.07) is 8.83. The molecule has 5 rings (SSSR count). The number of rotatable bonds is 1. The maximum atomic E-state index is 3.72. The molecule has 2 bridgehead atoms. The van der Waals surface area contributed by atoms with Crippen molar-refractivity contribution in [2.24, 2.45) is 11.8 Å². The van der Waals surface area contributed by atoms with Crippen molar-refractivity contribution in [1.82, 2.24) is 9.88 Å². The molecular formula is C18H24N2. The maximum absolute atomic E-state index is 3.72. The van der Waals surface area contributed by atoms with Gasteiger partial charge in [-0.3, -0.25) is 0 Å². The number of hydrogen-bond donors (Lipinski definition) is 1. The van der Waals surface area contributed by atoms with Gasteiger partial charge in [0.1, 0.15) is 0 Å². The van der Waals surface area contributed by atoms with Gasteiger partial charge in [-0.15, -0.1) is 0 Å². The first-order valence-electron chi connectivity index (χ1n) is 8.16. The molecule has 3 atom stereocenters. The van der Waals surface area contributed by atoms with Gasteiger partial charge in [-0.1, -0.05) is 31.5 Å². The van der Waals surface area contributed by atoms with Crippen LogP contribution in [0.2, 0.25) is 0 Å². The summed E-state index contributed by atoms with van der Waals surface area (Å²) in [5.41, 5.74) is 4.45. The molecule has 3 aliphatic heterocycles. The molecular weight excluding hydrogens is 244 g/mol. The van der Waals surface area contributed by atoms with Crippen LogP contribution in [-0.2, 0) is 12.8 Å². The molecule has 1 saturated heterocycles. The lowest BCUT2D eigenvalue weighted by molar-refractivity contribution is 0.120. The Labute approximate surface area is 121 Å². The second-order valence-corrected chi connectivity index (χ2v) is 6.60. The van der Waals surface area contributed by atoms with Crippen molar-refractivity contribution in [1.29, 1.82) is 0 Å². The summed E-state index contributed by atoms with van der Waals surface area (Å²) >= 11 is 0. The Morgan fingerprint density at radius 1 is 1.25 bits per heavy atom. The van der Waals surface area contributed by atoms with Crippen LogP contribution >= 0.6 is 0 Å². The predicted octanol–water partition coefficient (Wildman–Crippen LogP) is 3.61. The number of aromatic nitrogens is 1. The highest BCUT2D eigenvalue weighted by Crippen LogP contribution is 2.34. The van der Waals surface area contributed by atoms with Gasteiger partial charge in [0, 0.05) is 29.7 Å². The minimum atomic E-state index is 0.876. The van der Waals surface area contributed by atoms with Gasteiger partial charge in [0.25, 0.3) is 0 Å². The number of benzene rings is 1. The predicted molar refractivity (Wildman–Crippen MR) is 84.0 cm³/mol. The number of fused-ring (bicyclic) bond motifs is 4. The van der Waals surface area contributed by atoms with Gasteiger partial charge in [0.05, 0.1) is 0 Å². The first-order valence-corrected chi connectivity index (χ1v) is 8.16. The van der Waals surface area contributed by atoms with Crippen molar-refractivity contribution < 1.29 is 0 Å². The fraction of sp³-hybridized carbons (Fsp3) is 0.556. The zero-order chi connectivity index (χ0) is 13.5. The molecule has 4 heterocycles. The third kappa shape index (κ3) is 1.98. The van der Waals surface area contributed by atoms with E-state index in [0.717, 1.165) is 11.8 Å². The van der Waals surface area contributed by atoms with Crippen molar-refractivity contribution in [3.8, 4) is 0 Å². The highest BCUT2D eigenvalue weighted by atomic mass is 15.1. The van der Waals surface area contributed by atoms with Crippen molar-refractivity contribution in [2.45, 2.75) is 32.6 Å². The van der Waals surface area contributed by atoms with Crippen LogP contribution in [-0.4, -0.2) is 29.5 Å². The third-order valence-electron chi connectivity index (χ3n) is 5.55. The van der Waals surface area contributed by atoms with E-state index in [4.69, 9.17) is 0 Å². The molecule has 1 fully saturated rings. The molecule has 0 saturated carbocycles. The van der Waals surface area contributed by atoms with Gasteiger partial charge in [-0.25, -0.2) is 0 Å². The van der Waals surface area contributed by atoms with Crippen LogP contribution in [0.3, 0.4) is 0 Å². The number of piperidine rings is 1. The van der Waals surface area contributed by atoms with Crippen LogP contribution in [0, 0.1) is 11.8 Å². The number of nitrogens with zero attached hydrogens (tertiary/aromatic N) is 1. The number of nitrogens with one attached hydrogen (secondary N) is 1. The van der Waals surface area contributed by atoms with E-state index >= 15 is 0 Å². The van der Waals surface area contributed by atoms with E-state index in [2.05, 4.69) is 41.1 Å². The summed E-state index contributed by atoms with van der Waals surface area (Å²) in [5, 5.41) is 1.46. The Hall–Kier alpha value is -1.28. The van der Waals surface area contributed by atoms with Gasteiger partial charge in [0.2, 0.25) is 0 Å². The summed E-state index contributed by atoms with van der Waals surface area (Å²) in [6.07, 6.45) is 5.18. The molecule has 0 aliphatic carbocycles. The normalized spacial score (nSPS) is 29.8. The van der Waals surface area contributed by atoms with Gasteiger partial charge < -0.3 is 9.88 Å². The largest absolute Gasteiger partial charge is 0.358 e. The molecule has 1 aromatic carbocycles. The van der Waals surface area contributed by atoms with Crippen molar-refractivity contribution in [2.75, 3.05) is 19.6 Å². The SMILES string of the molecule is CC[C@@H]1CN2CCc3c([nH]c4ccccc34)C[C@H]1CC2. The molecule has 0 radical (unpaired) electrons. The number of aromatic amines is 1. The van der Waals surface area contributed by atoms with Crippen LogP contribution in [0.25, 0.3) is 10.9 Å². The Balaban J connectivity index is 1.79. The van der Waals surface area contributed by atoms with Crippen LogP contribution in [0.4, 0.5) is 0 Å². The molecule has 2 nitrogen and oxygen atoms in total. The lowest BCUT2D eigenvalue weighted by Gasteiger charge is -2.37. The van der Waals surface area contributed by atoms with Crippen molar-refractivity contribution >= 4 is 10.9 Å². The zero-order valence-electron chi connectivity index (χ0n) is 12.4. The first kappa shape index (κ1) is 12.5. The fourth-order valence-electron chi connectivity index (χ4n) is 4.34. The molecule has 0 amide bonds. The highest BCUT2D eigenvalue weighted by Gasteiger charge is 2.31. The molecule has 106 valence electrons. The van der Waals surface area contributed by atoms with Gasteiger partial charge in [-0.05, 0) is 49.3 Å². The minimum absolute atomic E-state index is 0.876. The second kappa shape index (κ2) is 4.92. The summed E-state index contributed by atoms with van der Waals surface area (Å²) in [7, 11) is 0. The molecule has 1 N–H and O–H groups in total. The van der Waals surface area contributed by atoms with Crippen LogP contribution in [0.5, 0.6) is 0 Å². The molecule has 20 heavy (non-hydrogen) atoms. The van der Waals surface area contributed by atoms with E-state index in [-0.39, 0.29) is 0 Å². The molecule has 1 aromatic heterocycles. The zero-order valence-corrected chi connectivity index (χ0v) is 12.4. The standard InChI is InChI=1S/C18H24N2/c1-2-13-12-20-9-7-14(13)11-18-16(8-10-20)15-5-3-4-6-17(15)19-18/h3-6,13-14,19H,2,7-12H2,1H3/t13-,14-/m1/s1. The van der Waals surface area contributed by atoms with Crippen molar-refractivity contribution in [3.63, 3.8) is 0 Å². The summed E-state index contributed by atoms with van der Waals surface area (Å²) in [5.74, 6) is 1.77. The Bertz CT molecular complexity index is 613. The van der Waals surface area contributed by atoms with E-state index < -0.39 is 0 Å². The van der Waals surface area contributed by atoms with Gasteiger partial charge in [-0.2, -0.15) is 0 Å². The summed E-state index contributed by atoms with van der Waals surface area (Å²) < 4.78 is 0. The molecule has 3 aliphatic rings. The first-order chi connectivity index (χ1) is 9.85. The van der Waals surface area contributed by atoms with Crippen LogP contribution in [0.1, 0.15) is 31.0 Å². The van der Waals surface area contributed by atoms with E-state index in [1.165, 1.54) is 61.9 Å². The topological polar surface area (TPSA) is 19.0 Å². The van der Waals surface area contributed by atoms with Gasteiger partial charge >= 0.3 is 0 Å². The fourth-order valence-corrected chi connectivity index (χ4v) is 4.34. The van der Waals surface area contributed by atoms with Crippen molar-refractivity contribution in [3.05, 3.63) is 35.5 Å². The van der Waals surface area contributed by atoms with E-state index in [1.54, 1.807) is 5.56 Å². The number of H-pyrrole nitrogens is 1.